The molecule has 0 aliphatic carbocycles. The molecule has 0 fully saturated rings. The molecule has 2 amide bonds. The normalized spacial score (nSPS) is 11.6. The Hall–Kier alpha value is -2.54. The van der Waals surface area contributed by atoms with Gasteiger partial charge in [0.25, 0.3) is 0 Å². The van der Waals surface area contributed by atoms with E-state index in [1.165, 1.54) is 41.4 Å². The molecular formula is C18H20FN3O2S. The number of thiazole rings is 1. The van der Waals surface area contributed by atoms with Crippen LogP contribution in [0.3, 0.4) is 0 Å². The van der Waals surface area contributed by atoms with Crippen LogP contribution in [-0.4, -0.2) is 22.3 Å². The third-order valence-electron chi connectivity index (χ3n) is 3.01. The number of para-hydroxylation sites is 1. The summed E-state index contributed by atoms with van der Waals surface area (Å²) in [7, 11) is 0. The van der Waals surface area contributed by atoms with Crippen LogP contribution in [0.25, 0.3) is 6.08 Å². The van der Waals surface area contributed by atoms with E-state index >= 15 is 0 Å². The second kappa shape index (κ2) is 7.57. The van der Waals surface area contributed by atoms with Crippen molar-refractivity contribution in [2.24, 2.45) is 0 Å². The van der Waals surface area contributed by atoms with Gasteiger partial charge in [-0.25, -0.2) is 9.37 Å². The summed E-state index contributed by atoms with van der Waals surface area (Å²) in [5.74, 6) is -1.09. The van der Waals surface area contributed by atoms with Gasteiger partial charge in [0.15, 0.2) is 5.13 Å². The fourth-order valence-corrected chi connectivity index (χ4v) is 2.92. The molecule has 0 aliphatic rings. The summed E-state index contributed by atoms with van der Waals surface area (Å²) in [5.41, 5.74) is 0.335. The van der Waals surface area contributed by atoms with E-state index < -0.39 is 5.82 Å². The van der Waals surface area contributed by atoms with Crippen LogP contribution in [-0.2, 0) is 9.59 Å². The summed E-state index contributed by atoms with van der Waals surface area (Å²) >= 11 is 1.20. The smallest absolute Gasteiger partial charge is 0.244 e. The molecule has 0 unspecified atom stereocenters. The minimum Gasteiger partial charge on any atom is -0.348 e. The number of hydrogen-bond donors (Lipinski definition) is 1. The number of carbonyl (C=O) groups is 2. The number of benzene rings is 1. The van der Waals surface area contributed by atoms with Gasteiger partial charge >= 0.3 is 0 Å². The van der Waals surface area contributed by atoms with Crippen LogP contribution in [0.5, 0.6) is 0 Å². The molecule has 0 spiro atoms. The summed E-state index contributed by atoms with van der Waals surface area (Å²) in [6.45, 7) is 7.01. The molecule has 7 heteroatoms. The fraction of sp³-hybridized carbons (Fsp3) is 0.278. The Morgan fingerprint density at radius 1 is 1.28 bits per heavy atom. The summed E-state index contributed by atoms with van der Waals surface area (Å²) in [6.07, 6.45) is 2.94. The molecule has 1 aromatic heterocycles. The fourth-order valence-electron chi connectivity index (χ4n) is 2.07. The number of anilines is 2. The van der Waals surface area contributed by atoms with Crippen molar-refractivity contribution in [3.63, 3.8) is 0 Å². The highest BCUT2D eigenvalue weighted by Crippen LogP contribution is 2.30. The Morgan fingerprint density at radius 2 is 1.96 bits per heavy atom. The van der Waals surface area contributed by atoms with Gasteiger partial charge in [0.05, 0.1) is 11.4 Å². The zero-order valence-corrected chi connectivity index (χ0v) is 15.4. The van der Waals surface area contributed by atoms with Crippen LogP contribution < -0.4 is 10.2 Å². The lowest BCUT2D eigenvalue weighted by molar-refractivity contribution is -0.118. The average Bonchev–Trinajstić information content (AvgIpc) is 2.94. The first-order chi connectivity index (χ1) is 11.7. The van der Waals surface area contributed by atoms with Crippen molar-refractivity contribution in [2.75, 3.05) is 4.90 Å². The maximum absolute atomic E-state index is 14.0. The monoisotopic (exact) mass is 361 g/mol. The molecule has 132 valence electrons. The highest BCUT2D eigenvalue weighted by molar-refractivity contribution is 7.14. The lowest BCUT2D eigenvalue weighted by atomic mass is 10.1. The van der Waals surface area contributed by atoms with Crippen LogP contribution in [0.2, 0.25) is 0 Å². The maximum atomic E-state index is 14.0. The van der Waals surface area contributed by atoms with E-state index in [1.807, 2.05) is 20.8 Å². The number of rotatable bonds is 4. The minimum absolute atomic E-state index is 0.144. The zero-order valence-electron chi connectivity index (χ0n) is 14.5. The van der Waals surface area contributed by atoms with Crippen LogP contribution in [0, 0.1) is 5.82 Å². The zero-order chi connectivity index (χ0) is 18.6. The van der Waals surface area contributed by atoms with E-state index in [0.717, 1.165) is 0 Å². The van der Waals surface area contributed by atoms with Crippen molar-refractivity contribution in [1.29, 1.82) is 0 Å². The second-order valence-electron chi connectivity index (χ2n) is 6.43. The average molecular weight is 361 g/mol. The van der Waals surface area contributed by atoms with E-state index in [1.54, 1.807) is 23.6 Å². The van der Waals surface area contributed by atoms with Gasteiger partial charge in [0.2, 0.25) is 11.8 Å². The summed E-state index contributed by atoms with van der Waals surface area (Å²) in [5, 5.41) is 4.85. The predicted molar refractivity (Wildman–Crippen MR) is 98.3 cm³/mol. The van der Waals surface area contributed by atoms with Gasteiger partial charge in [-0.05, 0) is 39.0 Å². The summed E-state index contributed by atoms with van der Waals surface area (Å²) in [6, 6.07) is 6.02. The van der Waals surface area contributed by atoms with Crippen LogP contribution >= 0.6 is 11.3 Å². The Bertz CT molecular complexity index is 809. The van der Waals surface area contributed by atoms with E-state index in [-0.39, 0.29) is 23.0 Å². The minimum atomic E-state index is -0.505. The molecule has 0 radical (unpaired) electrons. The van der Waals surface area contributed by atoms with E-state index in [9.17, 15) is 14.0 Å². The molecule has 5 nitrogen and oxygen atoms in total. The molecule has 2 aromatic rings. The maximum Gasteiger partial charge on any atom is 0.244 e. The number of amides is 2. The highest BCUT2D eigenvalue weighted by atomic mass is 32.1. The van der Waals surface area contributed by atoms with Gasteiger partial charge in [0, 0.05) is 23.9 Å². The number of halogens is 1. The SMILES string of the molecule is CC(=O)N(c1nc(/C=C/C(=O)NC(C)(C)C)cs1)c1ccccc1F. The van der Waals surface area contributed by atoms with Gasteiger partial charge in [-0.3, -0.25) is 14.5 Å². The number of aromatic nitrogens is 1. The number of nitrogens with one attached hydrogen (secondary N) is 1. The molecule has 2 rings (SSSR count). The van der Waals surface area contributed by atoms with Gasteiger partial charge in [-0.2, -0.15) is 0 Å². The van der Waals surface area contributed by atoms with Crippen molar-refractivity contribution in [3.8, 4) is 0 Å². The number of nitrogens with zero attached hydrogens (tertiary/aromatic N) is 2. The molecule has 0 saturated carbocycles. The molecule has 1 heterocycles. The van der Waals surface area contributed by atoms with E-state index in [0.29, 0.717) is 10.8 Å². The third-order valence-corrected chi connectivity index (χ3v) is 3.86. The Kier molecular flexibility index (Phi) is 5.69. The molecular weight excluding hydrogens is 341 g/mol. The van der Waals surface area contributed by atoms with Gasteiger partial charge in [-0.15, -0.1) is 11.3 Å². The summed E-state index contributed by atoms with van der Waals surface area (Å²) in [4.78, 5) is 29.3. The molecule has 25 heavy (non-hydrogen) atoms. The lowest BCUT2D eigenvalue weighted by Gasteiger charge is -2.19. The largest absolute Gasteiger partial charge is 0.348 e. The van der Waals surface area contributed by atoms with E-state index in [4.69, 9.17) is 0 Å². The topological polar surface area (TPSA) is 62.3 Å². The molecule has 1 aromatic carbocycles. The van der Waals surface area contributed by atoms with Crippen molar-refractivity contribution in [3.05, 3.63) is 47.2 Å². The van der Waals surface area contributed by atoms with Crippen LogP contribution in [0.4, 0.5) is 15.2 Å². The highest BCUT2D eigenvalue weighted by Gasteiger charge is 2.20. The number of hydrogen-bond acceptors (Lipinski definition) is 4. The van der Waals surface area contributed by atoms with Crippen LogP contribution in [0.15, 0.2) is 35.7 Å². The van der Waals surface area contributed by atoms with Crippen molar-refractivity contribution in [2.45, 2.75) is 33.2 Å². The Morgan fingerprint density at radius 3 is 2.56 bits per heavy atom. The Balaban J connectivity index is 2.22. The predicted octanol–water partition coefficient (Wildman–Crippen LogP) is 3.89. The molecule has 0 saturated heterocycles. The molecule has 1 N–H and O–H groups in total. The Labute approximate surface area is 150 Å². The molecule has 0 bridgehead atoms. The van der Waals surface area contributed by atoms with Gasteiger partial charge in [0.1, 0.15) is 5.82 Å². The molecule has 0 aliphatic heterocycles. The van der Waals surface area contributed by atoms with Crippen molar-refractivity contribution in [1.82, 2.24) is 10.3 Å². The van der Waals surface area contributed by atoms with Gasteiger partial charge in [-0.1, -0.05) is 12.1 Å². The van der Waals surface area contributed by atoms with Gasteiger partial charge < -0.3 is 5.32 Å². The first-order valence-corrected chi connectivity index (χ1v) is 8.56. The summed E-state index contributed by atoms with van der Waals surface area (Å²) < 4.78 is 14.0. The number of carbonyl (C=O) groups excluding carboxylic acids is 2. The second-order valence-corrected chi connectivity index (χ2v) is 7.27. The first-order valence-electron chi connectivity index (χ1n) is 7.68. The van der Waals surface area contributed by atoms with Crippen LogP contribution in [0.1, 0.15) is 33.4 Å². The molecule has 0 atom stereocenters. The van der Waals surface area contributed by atoms with Crippen molar-refractivity contribution < 1.29 is 14.0 Å². The van der Waals surface area contributed by atoms with Crippen molar-refractivity contribution >= 4 is 40.0 Å². The first kappa shape index (κ1) is 18.8. The lowest BCUT2D eigenvalue weighted by Crippen LogP contribution is -2.39. The third kappa shape index (κ3) is 5.22. The quantitative estimate of drug-likeness (QED) is 0.840. The standard InChI is InChI=1S/C18H20FN3O2S/c1-12(23)22(15-8-6-5-7-14(15)19)17-20-13(11-25-17)9-10-16(24)21-18(2,3)4/h5-11H,1-4H3,(H,21,24)/b10-9+. The van der Waals surface area contributed by atoms with E-state index in [2.05, 4.69) is 10.3 Å².